The van der Waals surface area contributed by atoms with Crippen molar-refractivity contribution in [3.05, 3.63) is 18.5 Å². The molecule has 1 aliphatic rings. The van der Waals surface area contributed by atoms with Crippen molar-refractivity contribution in [2.24, 2.45) is 0 Å². The number of halogens is 3. The molecule has 0 saturated heterocycles. The Labute approximate surface area is 101 Å². The Bertz CT molecular complexity index is 567. The van der Waals surface area contributed by atoms with Crippen molar-refractivity contribution in [1.29, 1.82) is 0 Å². The molecule has 3 N–H and O–H groups in total. The molecule has 5 nitrogen and oxygen atoms in total. The maximum atomic E-state index is 12.7. The molecule has 0 aliphatic heterocycles. The van der Waals surface area contributed by atoms with Crippen LogP contribution in [0.3, 0.4) is 0 Å². The van der Waals surface area contributed by atoms with Crippen molar-refractivity contribution in [3.8, 4) is 0 Å². The summed E-state index contributed by atoms with van der Waals surface area (Å²) in [6.07, 6.45) is -2.97. The summed E-state index contributed by atoms with van der Waals surface area (Å²) in [6.45, 7) is 0. The Kier molecular flexibility index (Phi) is 2.78. The number of nitrogens with zero attached hydrogens (tertiary/aromatic N) is 1. The zero-order valence-corrected chi connectivity index (χ0v) is 9.85. The van der Waals surface area contributed by atoms with E-state index < -0.39 is 26.6 Å². The topological polar surface area (TPSA) is 85.1 Å². The van der Waals surface area contributed by atoms with E-state index in [0.29, 0.717) is 0 Å². The summed E-state index contributed by atoms with van der Waals surface area (Å²) in [5.41, 5.74) is 2.92. The van der Waals surface area contributed by atoms with E-state index in [0.717, 1.165) is 6.20 Å². The Balaban J connectivity index is 2.33. The van der Waals surface area contributed by atoms with E-state index in [1.54, 1.807) is 4.72 Å². The molecular formula is C9H10F3N3O2S. The summed E-state index contributed by atoms with van der Waals surface area (Å²) in [5, 5.41) is 0. The number of pyridine rings is 1. The summed E-state index contributed by atoms with van der Waals surface area (Å²) in [5.74, 6) is 0. The summed E-state index contributed by atoms with van der Waals surface area (Å²) in [7, 11) is -4.33. The average molecular weight is 281 g/mol. The minimum absolute atomic E-state index is 0.143. The third kappa shape index (κ3) is 2.15. The first-order valence-corrected chi connectivity index (χ1v) is 6.46. The average Bonchev–Trinajstić information content (AvgIpc) is 2.97. The lowest BCUT2D eigenvalue weighted by Gasteiger charge is -2.20. The van der Waals surface area contributed by atoms with E-state index in [1.165, 1.54) is 12.3 Å². The fourth-order valence-electron chi connectivity index (χ4n) is 1.50. The fourth-order valence-corrected chi connectivity index (χ4v) is 3.02. The third-order valence-corrected chi connectivity index (χ3v) is 4.31. The minimum Gasteiger partial charge on any atom is -0.398 e. The first kappa shape index (κ1) is 13.1. The van der Waals surface area contributed by atoms with Crippen molar-refractivity contribution >= 4 is 15.7 Å². The van der Waals surface area contributed by atoms with Gasteiger partial charge in [0.2, 0.25) is 10.0 Å². The molecular weight excluding hydrogens is 271 g/mol. The Morgan fingerprint density at radius 2 is 2.00 bits per heavy atom. The van der Waals surface area contributed by atoms with Crippen LogP contribution in [0.1, 0.15) is 12.8 Å². The molecule has 1 saturated carbocycles. The molecule has 9 heteroatoms. The molecule has 100 valence electrons. The maximum absolute atomic E-state index is 12.7. The first-order chi connectivity index (χ1) is 8.18. The third-order valence-electron chi connectivity index (χ3n) is 2.73. The van der Waals surface area contributed by atoms with Crippen molar-refractivity contribution in [3.63, 3.8) is 0 Å². The molecule has 0 aromatic carbocycles. The second-order valence-electron chi connectivity index (χ2n) is 4.10. The lowest BCUT2D eigenvalue weighted by atomic mass is 10.3. The number of nitrogens with one attached hydrogen (secondary N) is 1. The molecule has 1 heterocycles. The van der Waals surface area contributed by atoms with Gasteiger partial charge < -0.3 is 5.73 Å². The van der Waals surface area contributed by atoms with Crippen molar-refractivity contribution in [1.82, 2.24) is 9.71 Å². The van der Waals surface area contributed by atoms with Crippen LogP contribution in [-0.4, -0.2) is 25.1 Å². The van der Waals surface area contributed by atoms with Gasteiger partial charge in [0, 0.05) is 12.4 Å². The van der Waals surface area contributed by atoms with Gasteiger partial charge in [-0.15, -0.1) is 0 Å². The van der Waals surface area contributed by atoms with E-state index in [-0.39, 0.29) is 18.5 Å². The highest BCUT2D eigenvalue weighted by atomic mass is 32.2. The highest BCUT2D eigenvalue weighted by molar-refractivity contribution is 7.89. The number of nitrogen functional groups attached to an aromatic ring is 1. The zero-order valence-electron chi connectivity index (χ0n) is 9.03. The van der Waals surface area contributed by atoms with E-state index >= 15 is 0 Å². The highest BCUT2D eigenvalue weighted by Gasteiger charge is 2.65. The smallest absolute Gasteiger partial charge is 0.398 e. The molecule has 0 bridgehead atoms. The molecule has 0 amide bonds. The number of hydrogen-bond acceptors (Lipinski definition) is 4. The quantitative estimate of drug-likeness (QED) is 0.866. The van der Waals surface area contributed by atoms with Crippen LogP contribution in [0.2, 0.25) is 0 Å². The predicted octanol–water partition coefficient (Wildman–Crippen LogP) is 1.04. The maximum Gasteiger partial charge on any atom is 0.407 e. The molecule has 0 atom stereocenters. The molecule has 0 unspecified atom stereocenters. The molecule has 1 fully saturated rings. The highest BCUT2D eigenvalue weighted by Crippen LogP contribution is 2.49. The number of hydrogen-bond donors (Lipinski definition) is 2. The Morgan fingerprint density at radius 3 is 2.44 bits per heavy atom. The van der Waals surface area contributed by atoms with Crippen molar-refractivity contribution in [2.45, 2.75) is 29.5 Å². The van der Waals surface area contributed by atoms with Crippen LogP contribution in [-0.2, 0) is 10.0 Å². The van der Waals surface area contributed by atoms with Crippen LogP contribution in [0.4, 0.5) is 18.9 Å². The lowest BCUT2D eigenvalue weighted by molar-refractivity contribution is -0.160. The van der Waals surface area contributed by atoms with Crippen LogP contribution < -0.4 is 10.5 Å². The van der Waals surface area contributed by atoms with Crippen LogP contribution in [0.25, 0.3) is 0 Å². The number of sulfonamides is 1. The van der Waals surface area contributed by atoms with Gasteiger partial charge in [-0.25, -0.2) is 8.42 Å². The van der Waals surface area contributed by atoms with Gasteiger partial charge in [0.15, 0.2) is 0 Å². The van der Waals surface area contributed by atoms with Crippen LogP contribution in [0, 0.1) is 0 Å². The molecule has 1 aromatic rings. The Hall–Kier alpha value is -1.35. The van der Waals surface area contributed by atoms with E-state index in [2.05, 4.69) is 4.98 Å². The van der Waals surface area contributed by atoms with Crippen LogP contribution in [0.5, 0.6) is 0 Å². The van der Waals surface area contributed by atoms with Gasteiger partial charge in [-0.1, -0.05) is 0 Å². The predicted molar refractivity (Wildman–Crippen MR) is 57.0 cm³/mol. The molecule has 0 radical (unpaired) electrons. The number of alkyl halides is 3. The van der Waals surface area contributed by atoms with Gasteiger partial charge in [0.05, 0.1) is 5.69 Å². The number of aromatic nitrogens is 1. The summed E-state index contributed by atoms with van der Waals surface area (Å²) >= 11 is 0. The molecule has 0 spiro atoms. The number of rotatable bonds is 3. The normalized spacial score (nSPS) is 18.6. The van der Waals surface area contributed by atoms with Gasteiger partial charge in [0.1, 0.15) is 10.4 Å². The number of anilines is 1. The molecule has 1 aromatic heterocycles. The SMILES string of the molecule is Nc1ccncc1S(=O)(=O)NC1(C(F)(F)F)CC1. The number of nitrogens with two attached hydrogens (primary N) is 1. The monoisotopic (exact) mass is 281 g/mol. The van der Waals surface area contributed by atoms with Gasteiger partial charge in [-0.2, -0.15) is 17.9 Å². The van der Waals surface area contributed by atoms with E-state index in [1.807, 2.05) is 0 Å². The standard InChI is InChI=1S/C9H10F3N3O2S/c10-9(11,12)8(2-3-8)15-18(16,17)7-5-14-4-1-6(7)13/h1,4-5,15H,2-3H2,(H2,13,14). The van der Waals surface area contributed by atoms with Gasteiger partial charge >= 0.3 is 6.18 Å². The van der Waals surface area contributed by atoms with Gasteiger partial charge in [-0.05, 0) is 18.9 Å². The lowest BCUT2D eigenvalue weighted by Crippen LogP contribution is -2.47. The largest absolute Gasteiger partial charge is 0.407 e. The summed E-state index contributed by atoms with van der Waals surface area (Å²) in [4.78, 5) is 3.10. The summed E-state index contributed by atoms with van der Waals surface area (Å²) < 4.78 is 63.3. The second-order valence-corrected chi connectivity index (χ2v) is 5.75. The van der Waals surface area contributed by atoms with E-state index in [9.17, 15) is 21.6 Å². The molecule has 2 rings (SSSR count). The van der Waals surface area contributed by atoms with Crippen molar-refractivity contribution < 1.29 is 21.6 Å². The molecule has 18 heavy (non-hydrogen) atoms. The second kappa shape index (κ2) is 3.82. The van der Waals surface area contributed by atoms with Crippen LogP contribution in [0.15, 0.2) is 23.4 Å². The Morgan fingerprint density at radius 1 is 1.39 bits per heavy atom. The van der Waals surface area contributed by atoms with E-state index in [4.69, 9.17) is 5.73 Å². The fraction of sp³-hybridized carbons (Fsp3) is 0.444. The first-order valence-electron chi connectivity index (χ1n) is 4.98. The van der Waals surface area contributed by atoms with Crippen molar-refractivity contribution in [2.75, 3.05) is 5.73 Å². The molecule has 1 aliphatic carbocycles. The minimum atomic E-state index is -4.61. The summed E-state index contributed by atoms with van der Waals surface area (Å²) in [6, 6.07) is 1.21. The zero-order chi connectivity index (χ0) is 13.6. The van der Waals surface area contributed by atoms with Crippen LogP contribution >= 0.6 is 0 Å². The van der Waals surface area contributed by atoms with Gasteiger partial charge in [-0.3, -0.25) is 4.98 Å². The van der Waals surface area contributed by atoms with Gasteiger partial charge in [0.25, 0.3) is 0 Å².